The van der Waals surface area contributed by atoms with Crippen molar-refractivity contribution in [1.82, 2.24) is 4.57 Å². The molecule has 52 heavy (non-hydrogen) atoms. The van der Waals surface area contributed by atoms with E-state index in [0.29, 0.717) is 0 Å². The zero-order chi connectivity index (χ0) is 34.4. The molecule has 0 aliphatic carbocycles. The van der Waals surface area contributed by atoms with Crippen molar-refractivity contribution in [2.24, 2.45) is 0 Å². The Balaban J connectivity index is 1.29. The van der Waals surface area contributed by atoms with E-state index in [-0.39, 0.29) is 0 Å². The van der Waals surface area contributed by atoms with Crippen LogP contribution in [-0.4, -0.2) is 4.57 Å². The molecule has 0 amide bonds. The van der Waals surface area contributed by atoms with Crippen LogP contribution >= 0.6 is 0 Å². The highest BCUT2D eigenvalue weighted by Gasteiger charge is 2.23. The largest absolute Gasteiger partial charge is 0.308 e. The van der Waals surface area contributed by atoms with Gasteiger partial charge in [0, 0.05) is 22.0 Å². The van der Waals surface area contributed by atoms with E-state index in [4.69, 9.17) is 0 Å². The van der Waals surface area contributed by atoms with Gasteiger partial charge in [-0.1, -0.05) is 158 Å². The molecule has 0 N–H and O–H groups in total. The second-order valence-corrected chi connectivity index (χ2v) is 13.3. The van der Waals surface area contributed by atoms with Gasteiger partial charge in [-0.05, 0) is 86.8 Å². The standard InChI is InChI=1S/C50H34N2/c1-3-17-35(18-4-1)40-32-31-37(45-33-36-19-7-8-22-39(36)41-23-9-10-24-42(41)45)34-50(40)51(38-20-5-2-6-21-38)48-29-15-16-30-49(48)52-46-27-13-11-25-43(46)44-26-12-14-28-47(44)52/h1-34H. The van der Waals surface area contributed by atoms with Gasteiger partial charge in [-0.3, -0.25) is 0 Å². The molecule has 10 rings (SSSR count). The minimum atomic E-state index is 1.09. The maximum Gasteiger partial charge on any atom is 0.0702 e. The van der Waals surface area contributed by atoms with Gasteiger partial charge in [0.15, 0.2) is 0 Å². The van der Waals surface area contributed by atoms with Crippen molar-refractivity contribution in [3.05, 3.63) is 206 Å². The highest BCUT2D eigenvalue weighted by atomic mass is 15.2. The van der Waals surface area contributed by atoms with E-state index in [1.807, 2.05) is 0 Å². The summed E-state index contributed by atoms with van der Waals surface area (Å²) in [6.45, 7) is 0. The highest BCUT2D eigenvalue weighted by molar-refractivity contribution is 6.14. The summed E-state index contributed by atoms with van der Waals surface area (Å²) < 4.78 is 2.43. The molecule has 0 spiro atoms. The maximum atomic E-state index is 2.45. The third-order valence-corrected chi connectivity index (χ3v) is 10.4. The molecule has 0 unspecified atom stereocenters. The molecular weight excluding hydrogens is 629 g/mol. The van der Waals surface area contributed by atoms with Gasteiger partial charge in [-0.2, -0.15) is 0 Å². The van der Waals surface area contributed by atoms with Crippen LogP contribution in [0.3, 0.4) is 0 Å². The van der Waals surface area contributed by atoms with Gasteiger partial charge in [0.25, 0.3) is 0 Å². The molecule has 244 valence electrons. The molecule has 0 saturated carbocycles. The summed E-state index contributed by atoms with van der Waals surface area (Å²) in [5, 5.41) is 7.51. The fourth-order valence-corrected chi connectivity index (χ4v) is 8.05. The molecule has 0 aliphatic heterocycles. The molecular formula is C50H34N2. The molecule has 0 saturated heterocycles. The molecule has 0 fully saturated rings. The Morgan fingerprint density at radius 3 is 1.62 bits per heavy atom. The van der Waals surface area contributed by atoms with Crippen molar-refractivity contribution >= 4 is 60.4 Å². The second kappa shape index (κ2) is 12.5. The van der Waals surface area contributed by atoms with Crippen molar-refractivity contribution in [2.45, 2.75) is 0 Å². The molecule has 0 bridgehead atoms. The number of hydrogen-bond acceptors (Lipinski definition) is 1. The van der Waals surface area contributed by atoms with Crippen LogP contribution in [0.4, 0.5) is 17.1 Å². The van der Waals surface area contributed by atoms with Crippen LogP contribution in [0.15, 0.2) is 206 Å². The third-order valence-electron chi connectivity index (χ3n) is 10.4. The lowest BCUT2D eigenvalue weighted by Gasteiger charge is -2.31. The van der Waals surface area contributed by atoms with E-state index in [1.165, 1.54) is 60.0 Å². The zero-order valence-electron chi connectivity index (χ0n) is 28.5. The Kier molecular flexibility index (Phi) is 7.18. The summed E-state index contributed by atoms with van der Waals surface area (Å²) in [6, 6.07) is 74.8. The smallest absolute Gasteiger partial charge is 0.0702 e. The minimum Gasteiger partial charge on any atom is -0.308 e. The van der Waals surface area contributed by atoms with E-state index >= 15 is 0 Å². The molecule has 9 aromatic carbocycles. The van der Waals surface area contributed by atoms with Gasteiger partial charge in [-0.15, -0.1) is 0 Å². The maximum absolute atomic E-state index is 2.45. The summed E-state index contributed by atoms with van der Waals surface area (Å²) in [5.74, 6) is 0. The molecule has 1 heterocycles. The molecule has 0 atom stereocenters. The Bertz CT molecular complexity index is 2850. The SMILES string of the molecule is c1ccc(-c2ccc(-c3cc4ccccc4c4ccccc34)cc2N(c2ccccc2)c2ccccc2-n2c3ccccc3c3ccccc32)cc1. The second-order valence-electron chi connectivity index (χ2n) is 13.3. The van der Waals surface area contributed by atoms with Crippen LogP contribution in [0.25, 0.3) is 71.3 Å². The number of anilines is 3. The average molecular weight is 663 g/mol. The number of aromatic nitrogens is 1. The monoisotopic (exact) mass is 662 g/mol. The van der Waals surface area contributed by atoms with Crippen molar-refractivity contribution in [3.8, 4) is 27.9 Å². The summed E-state index contributed by atoms with van der Waals surface area (Å²) in [5.41, 5.74) is 11.5. The first-order valence-corrected chi connectivity index (χ1v) is 17.9. The van der Waals surface area contributed by atoms with Gasteiger partial charge in [-0.25, -0.2) is 0 Å². The molecule has 0 aliphatic rings. The Morgan fingerprint density at radius 2 is 0.885 bits per heavy atom. The van der Waals surface area contributed by atoms with E-state index in [2.05, 4.69) is 216 Å². The fourth-order valence-electron chi connectivity index (χ4n) is 8.05. The third kappa shape index (κ3) is 4.88. The van der Waals surface area contributed by atoms with Gasteiger partial charge in [0.2, 0.25) is 0 Å². The minimum absolute atomic E-state index is 1.09. The predicted octanol–water partition coefficient (Wildman–Crippen LogP) is 13.9. The van der Waals surface area contributed by atoms with Crippen LogP contribution in [-0.2, 0) is 0 Å². The molecule has 2 nitrogen and oxygen atoms in total. The van der Waals surface area contributed by atoms with Crippen molar-refractivity contribution in [1.29, 1.82) is 0 Å². The first kappa shape index (κ1) is 30.0. The van der Waals surface area contributed by atoms with Gasteiger partial charge in [0.05, 0.1) is 28.1 Å². The number of benzene rings is 9. The van der Waals surface area contributed by atoms with Crippen molar-refractivity contribution < 1.29 is 0 Å². The van der Waals surface area contributed by atoms with E-state index in [0.717, 1.165) is 28.3 Å². The summed E-state index contributed by atoms with van der Waals surface area (Å²) in [7, 11) is 0. The zero-order valence-corrected chi connectivity index (χ0v) is 28.5. The van der Waals surface area contributed by atoms with Crippen LogP contribution in [0, 0.1) is 0 Å². The van der Waals surface area contributed by atoms with Crippen LogP contribution in [0.1, 0.15) is 0 Å². The first-order chi connectivity index (χ1) is 25.8. The number of nitrogens with zero attached hydrogens (tertiary/aromatic N) is 2. The lowest BCUT2D eigenvalue weighted by Crippen LogP contribution is -2.14. The Labute approximate surface area is 303 Å². The quantitative estimate of drug-likeness (QED) is 0.161. The lowest BCUT2D eigenvalue weighted by atomic mass is 9.91. The Hall–Kier alpha value is -6.90. The number of fused-ring (bicyclic) bond motifs is 6. The molecule has 2 heteroatoms. The predicted molar refractivity (Wildman–Crippen MR) is 221 cm³/mol. The average Bonchev–Trinajstić information content (AvgIpc) is 3.56. The topological polar surface area (TPSA) is 8.17 Å². The first-order valence-electron chi connectivity index (χ1n) is 17.9. The van der Waals surface area contributed by atoms with E-state index in [9.17, 15) is 0 Å². The normalized spacial score (nSPS) is 11.5. The highest BCUT2D eigenvalue weighted by Crippen LogP contribution is 2.47. The number of para-hydroxylation sites is 5. The Morgan fingerprint density at radius 1 is 0.327 bits per heavy atom. The molecule has 10 aromatic rings. The summed E-state index contributed by atoms with van der Waals surface area (Å²) in [6.07, 6.45) is 0. The van der Waals surface area contributed by atoms with Crippen molar-refractivity contribution in [3.63, 3.8) is 0 Å². The summed E-state index contributed by atoms with van der Waals surface area (Å²) >= 11 is 0. The van der Waals surface area contributed by atoms with Gasteiger partial charge < -0.3 is 9.47 Å². The fraction of sp³-hybridized carbons (Fsp3) is 0. The van der Waals surface area contributed by atoms with Crippen molar-refractivity contribution in [2.75, 3.05) is 4.90 Å². The van der Waals surface area contributed by atoms with E-state index < -0.39 is 0 Å². The number of rotatable bonds is 6. The molecule has 0 radical (unpaired) electrons. The van der Waals surface area contributed by atoms with Gasteiger partial charge >= 0.3 is 0 Å². The van der Waals surface area contributed by atoms with Crippen LogP contribution < -0.4 is 4.90 Å². The van der Waals surface area contributed by atoms with Crippen LogP contribution in [0.5, 0.6) is 0 Å². The van der Waals surface area contributed by atoms with Gasteiger partial charge in [0.1, 0.15) is 0 Å². The summed E-state index contributed by atoms with van der Waals surface area (Å²) in [4.78, 5) is 2.45. The molecule has 1 aromatic heterocycles. The van der Waals surface area contributed by atoms with Crippen LogP contribution in [0.2, 0.25) is 0 Å². The van der Waals surface area contributed by atoms with E-state index in [1.54, 1.807) is 0 Å². The number of hydrogen-bond donors (Lipinski definition) is 0. The lowest BCUT2D eigenvalue weighted by molar-refractivity contribution is 1.15.